The number of hydrogen-bond donors (Lipinski definition) is 0. The molecule has 0 radical (unpaired) electrons. The first-order valence-electron chi connectivity index (χ1n) is 10.9. The number of aromatic nitrogens is 3. The number of benzene rings is 2. The molecule has 0 saturated carbocycles. The molecule has 0 aliphatic heterocycles. The summed E-state index contributed by atoms with van der Waals surface area (Å²) in [7, 11) is 3.25. The lowest BCUT2D eigenvalue weighted by Gasteiger charge is -2.12. The molecule has 34 heavy (non-hydrogen) atoms. The molecular weight excluding hydrogens is 434 g/mol. The van der Waals surface area contributed by atoms with Crippen LogP contribution in [-0.4, -0.2) is 41.4 Å². The van der Waals surface area contributed by atoms with E-state index >= 15 is 0 Å². The third kappa shape index (κ3) is 4.96. The molecule has 0 atom stereocenters. The summed E-state index contributed by atoms with van der Waals surface area (Å²) < 4.78 is 23.8. The van der Waals surface area contributed by atoms with E-state index in [1.807, 2.05) is 50.2 Å². The summed E-state index contributed by atoms with van der Waals surface area (Å²) >= 11 is 0. The van der Waals surface area contributed by atoms with Crippen LogP contribution in [0.1, 0.15) is 27.3 Å². The van der Waals surface area contributed by atoms with Crippen LogP contribution in [0.4, 0.5) is 0 Å². The summed E-state index contributed by atoms with van der Waals surface area (Å²) in [5.74, 6) is 2.38. The van der Waals surface area contributed by atoms with Crippen LogP contribution in [0.2, 0.25) is 0 Å². The standard InChI is InChI=1S/C26H27N3O5/c1-17-13-22(18(2)29(17)12-11-19-5-10-24(31-3)25(14-19)32-4)23(30)15-33-21-8-6-20(7-9-21)26-28-27-16-34-26/h5-10,13-14,16H,11-12,15H2,1-4H3. The van der Waals surface area contributed by atoms with Crippen molar-refractivity contribution in [1.82, 2.24) is 14.8 Å². The molecule has 8 nitrogen and oxygen atoms in total. The van der Waals surface area contributed by atoms with Gasteiger partial charge in [-0.25, -0.2) is 0 Å². The molecule has 0 spiro atoms. The quantitative estimate of drug-likeness (QED) is 0.317. The molecule has 0 unspecified atom stereocenters. The summed E-state index contributed by atoms with van der Waals surface area (Å²) in [6.45, 7) is 4.68. The average molecular weight is 462 g/mol. The Morgan fingerprint density at radius 1 is 1.00 bits per heavy atom. The Labute approximate surface area is 198 Å². The number of carbonyl (C=O) groups is 1. The van der Waals surface area contributed by atoms with E-state index in [0.717, 1.165) is 35.5 Å². The lowest BCUT2D eigenvalue weighted by atomic mass is 10.1. The number of ketones is 1. The molecule has 0 saturated heterocycles. The predicted molar refractivity (Wildman–Crippen MR) is 127 cm³/mol. The van der Waals surface area contributed by atoms with Gasteiger partial charge in [0, 0.05) is 29.1 Å². The van der Waals surface area contributed by atoms with Gasteiger partial charge in [-0.2, -0.15) is 0 Å². The average Bonchev–Trinajstić information content (AvgIpc) is 3.50. The molecule has 0 aliphatic carbocycles. The normalized spacial score (nSPS) is 10.8. The second-order valence-corrected chi connectivity index (χ2v) is 7.86. The first-order chi connectivity index (χ1) is 16.5. The van der Waals surface area contributed by atoms with Crippen molar-refractivity contribution in [2.75, 3.05) is 20.8 Å². The SMILES string of the molecule is COc1ccc(CCn2c(C)cc(C(=O)COc3ccc(-c4nnco4)cc3)c2C)cc1OC. The fourth-order valence-corrected chi connectivity index (χ4v) is 3.92. The minimum absolute atomic E-state index is 0.0418. The fraction of sp³-hybridized carbons (Fsp3) is 0.269. The summed E-state index contributed by atoms with van der Waals surface area (Å²) in [6.07, 6.45) is 2.08. The monoisotopic (exact) mass is 461 g/mol. The molecule has 0 N–H and O–H groups in total. The van der Waals surface area contributed by atoms with Gasteiger partial charge < -0.3 is 23.2 Å². The van der Waals surface area contributed by atoms with E-state index < -0.39 is 0 Å². The molecule has 4 rings (SSSR count). The third-order valence-electron chi connectivity index (χ3n) is 5.78. The highest BCUT2D eigenvalue weighted by Gasteiger charge is 2.17. The number of rotatable bonds is 10. The Morgan fingerprint density at radius 3 is 2.44 bits per heavy atom. The highest BCUT2D eigenvalue weighted by Crippen LogP contribution is 2.28. The van der Waals surface area contributed by atoms with Gasteiger partial charge in [0.15, 0.2) is 18.1 Å². The highest BCUT2D eigenvalue weighted by molar-refractivity contribution is 5.98. The number of hydrogen-bond acceptors (Lipinski definition) is 7. The maximum atomic E-state index is 12.9. The third-order valence-corrected chi connectivity index (χ3v) is 5.78. The lowest BCUT2D eigenvalue weighted by Crippen LogP contribution is -2.13. The van der Waals surface area contributed by atoms with Crippen molar-refractivity contribution in [1.29, 1.82) is 0 Å². The number of Topliss-reactive ketones (excluding diaryl/α,β-unsaturated/α-hetero) is 1. The fourth-order valence-electron chi connectivity index (χ4n) is 3.92. The molecule has 0 aliphatic rings. The van der Waals surface area contributed by atoms with E-state index in [1.54, 1.807) is 26.4 Å². The highest BCUT2D eigenvalue weighted by atomic mass is 16.5. The van der Waals surface area contributed by atoms with Crippen molar-refractivity contribution in [3.8, 4) is 28.7 Å². The van der Waals surface area contributed by atoms with Gasteiger partial charge in [-0.3, -0.25) is 4.79 Å². The van der Waals surface area contributed by atoms with Crippen molar-refractivity contribution in [2.45, 2.75) is 26.8 Å². The molecule has 2 aromatic heterocycles. The van der Waals surface area contributed by atoms with Gasteiger partial charge in [-0.05, 0) is 68.3 Å². The summed E-state index contributed by atoms with van der Waals surface area (Å²) in [6, 6.07) is 15.0. The number of aryl methyl sites for hydroxylation is 2. The van der Waals surface area contributed by atoms with Crippen LogP contribution in [0.15, 0.2) is 59.3 Å². The number of methoxy groups -OCH3 is 2. The largest absolute Gasteiger partial charge is 0.493 e. The van der Waals surface area contributed by atoms with Crippen molar-refractivity contribution < 1.29 is 23.4 Å². The van der Waals surface area contributed by atoms with E-state index in [4.69, 9.17) is 18.6 Å². The Hall–Kier alpha value is -4.07. The van der Waals surface area contributed by atoms with E-state index in [9.17, 15) is 4.79 Å². The van der Waals surface area contributed by atoms with Crippen LogP contribution in [0, 0.1) is 13.8 Å². The molecular formula is C26H27N3O5. The Kier molecular flexibility index (Phi) is 6.96. The van der Waals surface area contributed by atoms with Gasteiger partial charge in [-0.1, -0.05) is 6.07 Å². The van der Waals surface area contributed by atoms with Crippen LogP contribution >= 0.6 is 0 Å². The summed E-state index contributed by atoms with van der Waals surface area (Å²) in [5.41, 5.74) is 4.55. The smallest absolute Gasteiger partial charge is 0.247 e. The first-order valence-corrected chi connectivity index (χ1v) is 10.9. The molecule has 4 aromatic rings. The zero-order valence-corrected chi connectivity index (χ0v) is 19.7. The van der Waals surface area contributed by atoms with Crippen LogP contribution in [-0.2, 0) is 13.0 Å². The maximum absolute atomic E-state index is 12.9. The van der Waals surface area contributed by atoms with Crippen LogP contribution in [0.25, 0.3) is 11.5 Å². The first kappa shape index (κ1) is 23.1. The van der Waals surface area contributed by atoms with Gasteiger partial charge in [0.2, 0.25) is 18.1 Å². The van der Waals surface area contributed by atoms with Gasteiger partial charge in [-0.15, -0.1) is 10.2 Å². The Bertz CT molecular complexity index is 1260. The van der Waals surface area contributed by atoms with Gasteiger partial charge in [0.05, 0.1) is 14.2 Å². The van der Waals surface area contributed by atoms with Crippen molar-refractivity contribution in [3.63, 3.8) is 0 Å². The van der Waals surface area contributed by atoms with E-state index in [0.29, 0.717) is 28.7 Å². The van der Waals surface area contributed by atoms with Crippen LogP contribution < -0.4 is 14.2 Å². The summed E-state index contributed by atoms with van der Waals surface area (Å²) in [4.78, 5) is 12.9. The minimum atomic E-state index is -0.0635. The lowest BCUT2D eigenvalue weighted by molar-refractivity contribution is 0.0921. The molecule has 0 bridgehead atoms. The maximum Gasteiger partial charge on any atom is 0.247 e. The van der Waals surface area contributed by atoms with Crippen LogP contribution in [0.3, 0.4) is 0 Å². The van der Waals surface area contributed by atoms with Gasteiger partial charge in [0.25, 0.3) is 0 Å². The van der Waals surface area contributed by atoms with Crippen molar-refractivity contribution in [3.05, 3.63) is 77.4 Å². The van der Waals surface area contributed by atoms with Gasteiger partial charge in [0.1, 0.15) is 5.75 Å². The molecule has 2 heterocycles. The zero-order chi connectivity index (χ0) is 24.1. The molecule has 2 aromatic carbocycles. The van der Waals surface area contributed by atoms with E-state index in [2.05, 4.69) is 14.8 Å². The predicted octanol–water partition coefficient (Wildman–Crippen LogP) is 4.68. The molecule has 176 valence electrons. The van der Waals surface area contributed by atoms with Crippen molar-refractivity contribution in [2.24, 2.45) is 0 Å². The number of nitrogens with zero attached hydrogens (tertiary/aromatic N) is 3. The van der Waals surface area contributed by atoms with Crippen molar-refractivity contribution >= 4 is 5.78 Å². The minimum Gasteiger partial charge on any atom is -0.493 e. The number of ether oxygens (including phenoxy) is 3. The second kappa shape index (κ2) is 10.2. The molecule has 0 fully saturated rings. The molecule has 0 amide bonds. The second-order valence-electron chi connectivity index (χ2n) is 7.86. The van der Waals surface area contributed by atoms with Crippen LogP contribution in [0.5, 0.6) is 17.2 Å². The van der Waals surface area contributed by atoms with E-state index in [-0.39, 0.29) is 12.4 Å². The topological polar surface area (TPSA) is 88.6 Å². The molecule has 8 heteroatoms. The number of carbonyl (C=O) groups excluding carboxylic acids is 1. The van der Waals surface area contributed by atoms with Gasteiger partial charge >= 0.3 is 0 Å². The Morgan fingerprint density at radius 2 is 1.76 bits per heavy atom. The summed E-state index contributed by atoms with van der Waals surface area (Å²) in [5, 5.41) is 7.55. The van der Waals surface area contributed by atoms with E-state index in [1.165, 1.54) is 6.39 Å². The zero-order valence-electron chi connectivity index (χ0n) is 19.7. The Balaban J connectivity index is 1.39.